The van der Waals surface area contributed by atoms with Crippen LogP contribution in [-0.2, 0) is 4.74 Å². The van der Waals surface area contributed by atoms with Gasteiger partial charge in [-0.3, -0.25) is 4.79 Å². The van der Waals surface area contributed by atoms with Crippen molar-refractivity contribution in [2.45, 2.75) is 18.9 Å². The molecule has 0 aliphatic carbocycles. The molecule has 0 saturated heterocycles. The number of pyridine rings is 1. The first-order chi connectivity index (χ1) is 8.85. The van der Waals surface area contributed by atoms with Gasteiger partial charge in [-0.15, -0.1) is 0 Å². The standard InChI is InChI=1S/C12H16Cl2N2O3/c1-12(18,3-4-19-2)7-16-11(17)8-5-10(14)15-6-9(8)13/h5-6,18H,3-4,7H2,1-2H3,(H,16,17). The van der Waals surface area contributed by atoms with E-state index in [0.717, 1.165) is 0 Å². The molecule has 1 rings (SSSR count). The van der Waals surface area contributed by atoms with Crippen LogP contribution in [-0.4, -0.2) is 41.9 Å². The van der Waals surface area contributed by atoms with Gasteiger partial charge in [-0.25, -0.2) is 4.98 Å². The third kappa shape index (κ3) is 5.32. The van der Waals surface area contributed by atoms with Crippen molar-refractivity contribution in [2.75, 3.05) is 20.3 Å². The lowest BCUT2D eigenvalue weighted by Crippen LogP contribution is -2.41. The van der Waals surface area contributed by atoms with E-state index >= 15 is 0 Å². The van der Waals surface area contributed by atoms with E-state index in [1.807, 2.05) is 0 Å². The van der Waals surface area contributed by atoms with Gasteiger partial charge in [0.05, 0.1) is 16.2 Å². The van der Waals surface area contributed by atoms with Gasteiger partial charge < -0.3 is 15.2 Å². The lowest BCUT2D eigenvalue weighted by molar-refractivity contribution is 0.0243. The largest absolute Gasteiger partial charge is 0.388 e. The molecular formula is C12H16Cl2N2O3. The molecule has 19 heavy (non-hydrogen) atoms. The van der Waals surface area contributed by atoms with Crippen LogP contribution in [0.4, 0.5) is 0 Å². The van der Waals surface area contributed by atoms with Crippen molar-refractivity contribution < 1.29 is 14.6 Å². The number of ether oxygens (including phenoxy) is 1. The average molecular weight is 307 g/mol. The normalized spacial score (nSPS) is 13.9. The highest BCUT2D eigenvalue weighted by atomic mass is 35.5. The minimum absolute atomic E-state index is 0.0888. The summed E-state index contributed by atoms with van der Waals surface area (Å²) in [5.41, 5.74) is -0.821. The predicted molar refractivity (Wildman–Crippen MR) is 73.7 cm³/mol. The van der Waals surface area contributed by atoms with Gasteiger partial charge >= 0.3 is 0 Å². The molecule has 0 aliphatic heterocycles. The summed E-state index contributed by atoms with van der Waals surface area (Å²) in [6, 6.07) is 1.38. The molecule has 106 valence electrons. The van der Waals surface area contributed by atoms with Crippen LogP contribution in [0.5, 0.6) is 0 Å². The fraction of sp³-hybridized carbons (Fsp3) is 0.500. The molecule has 0 spiro atoms. The Kier molecular flexibility index (Phi) is 6.00. The fourth-order valence-electron chi connectivity index (χ4n) is 1.36. The number of halogens is 2. The van der Waals surface area contributed by atoms with Crippen molar-refractivity contribution >= 4 is 29.1 Å². The lowest BCUT2D eigenvalue weighted by atomic mass is 10.0. The molecule has 1 heterocycles. The van der Waals surface area contributed by atoms with Crippen molar-refractivity contribution in [2.24, 2.45) is 0 Å². The molecule has 1 atom stereocenters. The van der Waals surface area contributed by atoms with E-state index in [9.17, 15) is 9.90 Å². The summed E-state index contributed by atoms with van der Waals surface area (Å²) in [4.78, 5) is 15.7. The van der Waals surface area contributed by atoms with Gasteiger partial charge in [0.25, 0.3) is 5.91 Å². The van der Waals surface area contributed by atoms with E-state index in [0.29, 0.717) is 13.0 Å². The van der Waals surface area contributed by atoms with E-state index < -0.39 is 11.5 Å². The number of hydrogen-bond donors (Lipinski definition) is 2. The van der Waals surface area contributed by atoms with Gasteiger partial charge in [0, 0.05) is 32.9 Å². The Bertz CT molecular complexity index is 453. The summed E-state index contributed by atoms with van der Waals surface area (Å²) >= 11 is 11.6. The van der Waals surface area contributed by atoms with E-state index in [1.165, 1.54) is 12.3 Å². The zero-order valence-corrected chi connectivity index (χ0v) is 12.3. The van der Waals surface area contributed by atoms with Gasteiger partial charge in [0.2, 0.25) is 0 Å². The summed E-state index contributed by atoms with van der Waals surface area (Å²) in [5, 5.41) is 13.0. The molecule has 1 amide bonds. The number of aromatic nitrogens is 1. The van der Waals surface area contributed by atoms with Gasteiger partial charge in [0.15, 0.2) is 0 Å². The second-order valence-electron chi connectivity index (χ2n) is 4.41. The molecule has 2 N–H and O–H groups in total. The minimum Gasteiger partial charge on any atom is -0.388 e. The summed E-state index contributed by atoms with van der Waals surface area (Å²) in [6.07, 6.45) is 1.72. The highest BCUT2D eigenvalue weighted by Gasteiger charge is 2.22. The second kappa shape index (κ2) is 7.05. The number of amides is 1. The Morgan fingerprint density at radius 3 is 2.89 bits per heavy atom. The van der Waals surface area contributed by atoms with Crippen molar-refractivity contribution in [1.29, 1.82) is 0 Å². The van der Waals surface area contributed by atoms with Crippen LogP contribution in [0, 0.1) is 0 Å². The Morgan fingerprint density at radius 2 is 2.26 bits per heavy atom. The first-order valence-corrected chi connectivity index (χ1v) is 6.42. The number of carbonyl (C=O) groups is 1. The number of nitrogens with one attached hydrogen (secondary N) is 1. The van der Waals surface area contributed by atoms with Crippen LogP contribution in [0.2, 0.25) is 10.2 Å². The SMILES string of the molecule is COCCC(C)(O)CNC(=O)c1cc(Cl)ncc1Cl. The third-order valence-corrected chi connectivity index (χ3v) is 3.05. The van der Waals surface area contributed by atoms with E-state index in [1.54, 1.807) is 14.0 Å². The number of methoxy groups -OCH3 is 1. The molecule has 0 aliphatic rings. The molecule has 0 radical (unpaired) electrons. The number of carbonyl (C=O) groups excluding carboxylic acids is 1. The smallest absolute Gasteiger partial charge is 0.253 e. The van der Waals surface area contributed by atoms with Gasteiger partial charge in [0.1, 0.15) is 5.15 Å². The molecule has 0 bridgehead atoms. The maximum absolute atomic E-state index is 11.9. The van der Waals surface area contributed by atoms with E-state index in [-0.39, 0.29) is 22.3 Å². The first-order valence-electron chi connectivity index (χ1n) is 5.66. The van der Waals surface area contributed by atoms with Crippen LogP contribution >= 0.6 is 23.2 Å². The summed E-state index contributed by atoms with van der Waals surface area (Å²) in [5.74, 6) is -0.410. The molecular weight excluding hydrogens is 291 g/mol. The molecule has 0 aromatic carbocycles. The zero-order chi connectivity index (χ0) is 14.5. The number of rotatable bonds is 6. The molecule has 5 nitrogen and oxygen atoms in total. The highest BCUT2D eigenvalue weighted by molar-refractivity contribution is 6.35. The van der Waals surface area contributed by atoms with Crippen molar-refractivity contribution in [3.8, 4) is 0 Å². The van der Waals surface area contributed by atoms with E-state index in [4.69, 9.17) is 27.9 Å². The number of hydrogen-bond acceptors (Lipinski definition) is 4. The predicted octanol–water partition coefficient (Wildman–Crippen LogP) is 1.91. The van der Waals surface area contributed by atoms with Gasteiger partial charge in [-0.05, 0) is 13.0 Å². The van der Waals surface area contributed by atoms with Crippen LogP contribution in [0.15, 0.2) is 12.3 Å². The number of aliphatic hydroxyl groups is 1. The molecule has 7 heteroatoms. The summed E-state index contributed by atoms with van der Waals surface area (Å²) < 4.78 is 4.88. The van der Waals surface area contributed by atoms with Crippen LogP contribution in [0.25, 0.3) is 0 Å². The minimum atomic E-state index is -1.05. The molecule has 0 fully saturated rings. The quantitative estimate of drug-likeness (QED) is 0.788. The maximum Gasteiger partial charge on any atom is 0.253 e. The number of nitrogens with zero attached hydrogens (tertiary/aromatic N) is 1. The van der Waals surface area contributed by atoms with Crippen LogP contribution < -0.4 is 5.32 Å². The van der Waals surface area contributed by atoms with Crippen LogP contribution in [0.3, 0.4) is 0 Å². The highest BCUT2D eigenvalue weighted by Crippen LogP contribution is 2.18. The Labute approximate surface area is 121 Å². The van der Waals surface area contributed by atoms with E-state index in [2.05, 4.69) is 10.3 Å². The van der Waals surface area contributed by atoms with Crippen molar-refractivity contribution in [3.63, 3.8) is 0 Å². The molecule has 1 unspecified atom stereocenters. The Balaban J connectivity index is 2.62. The molecule has 1 aromatic heterocycles. The fourth-order valence-corrected chi connectivity index (χ4v) is 1.71. The van der Waals surface area contributed by atoms with Gasteiger partial charge in [-0.1, -0.05) is 23.2 Å². The molecule has 1 aromatic rings. The monoisotopic (exact) mass is 306 g/mol. The summed E-state index contributed by atoms with van der Waals surface area (Å²) in [6.45, 7) is 2.11. The van der Waals surface area contributed by atoms with Gasteiger partial charge in [-0.2, -0.15) is 0 Å². The van der Waals surface area contributed by atoms with Crippen LogP contribution in [0.1, 0.15) is 23.7 Å². The lowest BCUT2D eigenvalue weighted by Gasteiger charge is -2.23. The third-order valence-electron chi connectivity index (χ3n) is 2.54. The Hall–Kier alpha value is -0.880. The van der Waals surface area contributed by atoms with Crippen molar-refractivity contribution in [3.05, 3.63) is 28.0 Å². The van der Waals surface area contributed by atoms with Crippen molar-refractivity contribution in [1.82, 2.24) is 10.3 Å². The maximum atomic E-state index is 11.9. The summed E-state index contributed by atoms with van der Waals surface area (Å²) in [7, 11) is 1.55. The average Bonchev–Trinajstić information content (AvgIpc) is 2.36. The zero-order valence-electron chi connectivity index (χ0n) is 10.7. The Morgan fingerprint density at radius 1 is 1.58 bits per heavy atom. The second-order valence-corrected chi connectivity index (χ2v) is 5.20. The topological polar surface area (TPSA) is 71.5 Å². The molecule has 0 saturated carbocycles. The first kappa shape index (κ1) is 16.2.